The fraction of sp³-hybridized carbons (Fsp3) is 0.250. The van der Waals surface area contributed by atoms with Crippen LogP contribution >= 0.6 is 0 Å². The molecule has 0 saturated heterocycles. The van der Waals surface area contributed by atoms with Gasteiger partial charge in [0.15, 0.2) is 5.57 Å². The van der Waals surface area contributed by atoms with Crippen molar-refractivity contribution in [2.45, 2.75) is 13.8 Å². The summed E-state index contributed by atoms with van der Waals surface area (Å²) in [6.45, 7) is 4.21. The number of nitriles is 1. The maximum Gasteiger partial charge on any atom is 0.351 e. The van der Waals surface area contributed by atoms with E-state index in [9.17, 15) is 10.1 Å². The van der Waals surface area contributed by atoms with Gasteiger partial charge in [-0.2, -0.15) is 5.26 Å². The Bertz CT molecular complexity index is 598. The molecule has 0 aromatic carbocycles. The number of esters is 1. The third-order valence-corrected chi connectivity index (χ3v) is 2.79. The van der Waals surface area contributed by atoms with Gasteiger partial charge < -0.3 is 9.64 Å². The summed E-state index contributed by atoms with van der Waals surface area (Å²) in [7, 11) is 0. The number of hydrogen-bond donors (Lipinski definition) is 0. The van der Waals surface area contributed by atoms with Gasteiger partial charge >= 0.3 is 5.97 Å². The molecule has 0 fully saturated rings. The van der Waals surface area contributed by atoms with E-state index in [-0.39, 0.29) is 11.5 Å². The molecule has 2 heterocycles. The molecule has 0 aromatic heterocycles. The third-order valence-electron chi connectivity index (χ3n) is 2.79. The first-order valence-electron chi connectivity index (χ1n) is 6.47. The molecule has 2 rings (SSSR count). The quantitative estimate of drug-likeness (QED) is 0.448. The van der Waals surface area contributed by atoms with Gasteiger partial charge in [-0.15, -0.1) is 0 Å². The van der Waals surface area contributed by atoms with Crippen molar-refractivity contribution in [3.63, 3.8) is 0 Å². The molecule has 0 aliphatic carbocycles. The van der Waals surface area contributed by atoms with Gasteiger partial charge in [0.1, 0.15) is 6.07 Å². The molecule has 0 saturated carbocycles. The fourth-order valence-corrected chi connectivity index (χ4v) is 1.86. The lowest BCUT2D eigenvalue weighted by Crippen LogP contribution is -2.22. The SMILES string of the molecule is CC(C)COC(=O)/C(C#N)=C1\C=CC=C2C=CC=CN21. The van der Waals surface area contributed by atoms with E-state index in [1.807, 2.05) is 56.5 Å². The summed E-state index contributed by atoms with van der Waals surface area (Å²) in [6.07, 6.45) is 13.0. The molecular weight excluding hydrogens is 252 g/mol. The molecule has 2 aliphatic heterocycles. The number of ether oxygens (including phenoxy) is 1. The van der Waals surface area contributed by atoms with Crippen LogP contribution in [-0.2, 0) is 9.53 Å². The van der Waals surface area contributed by atoms with Crippen LogP contribution in [-0.4, -0.2) is 17.5 Å². The first-order valence-corrected chi connectivity index (χ1v) is 6.47. The molecule has 0 bridgehead atoms. The van der Waals surface area contributed by atoms with Crippen molar-refractivity contribution in [2.75, 3.05) is 6.61 Å². The van der Waals surface area contributed by atoms with Crippen LogP contribution in [0.2, 0.25) is 0 Å². The Morgan fingerprint density at radius 3 is 2.85 bits per heavy atom. The molecule has 102 valence electrons. The maximum atomic E-state index is 12.0. The minimum Gasteiger partial charge on any atom is -0.461 e. The molecule has 4 nitrogen and oxygen atoms in total. The standard InChI is InChI=1S/C16H16N2O2/c1-12(2)11-20-16(19)14(10-17)15-8-5-7-13-6-3-4-9-18(13)15/h3-9,12H,11H2,1-2H3/b15-14+. The maximum absolute atomic E-state index is 12.0. The van der Waals surface area contributed by atoms with E-state index in [1.54, 1.807) is 11.0 Å². The topological polar surface area (TPSA) is 53.3 Å². The van der Waals surface area contributed by atoms with Gasteiger partial charge in [0.05, 0.1) is 12.3 Å². The Balaban J connectivity index is 2.29. The van der Waals surface area contributed by atoms with Crippen molar-refractivity contribution in [3.8, 4) is 6.07 Å². The normalized spacial score (nSPS) is 18.5. The minimum atomic E-state index is -0.579. The smallest absolute Gasteiger partial charge is 0.351 e. The van der Waals surface area contributed by atoms with E-state index >= 15 is 0 Å². The second-order valence-corrected chi connectivity index (χ2v) is 4.89. The molecule has 0 aromatic rings. The van der Waals surface area contributed by atoms with Crippen molar-refractivity contribution in [3.05, 3.63) is 59.6 Å². The van der Waals surface area contributed by atoms with Crippen LogP contribution in [0.5, 0.6) is 0 Å². The van der Waals surface area contributed by atoms with Gasteiger partial charge in [-0.05, 0) is 30.2 Å². The second-order valence-electron chi connectivity index (χ2n) is 4.89. The predicted octanol–water partition coefficient (Wildman–Crippen LogP) is 2.80. The first kappa shape index (κ1) is 13.9. The lowest BCUT2D eigenvalue weighted by atomic mass is 10.1. The highest BCUT2D eigenvalue weighted by Crippen LogP contribution is 2.26. The zero-order valence-corrected chi connectivity index (χ0v) is 11.5. The zero-order chi connectivity index (χ0) is 14.5. The molecule has 20 heavy (non-hydrogen) atoms. The van der Waals surface area contributed by atoms with Crippen molar-refractivity contribution >= 4 is 5.97 Å². The van der Waals surface area contributed by atoms with Gasteiger partial charge in [0, 0.05) is 11.9 Å². The van der Waals surface area contributed by atoms with E-state index in [1.165, 1.54) is 0 Å². The fourth-order valence-electron chi connectivity index (χ4n) is 1.86. The Hall–Kier alpha value is -2.54. The summed E-state index contributed by atoms with van der Waals surface area (Å²) in [4.78, 5) is 13.8. The number of fused-ring (bicyclic) bond motifs is 1. The second kappa shape index (κ2) is 6.07. The molecule has 0 unspecified atom stereocenters. The molecule has 0 N–H and O–H groups in total. The number of allylic oxidation sites excluding steroid dienone is 6. The van der Waals surface area contributed by atoms with Crippen LogP contribution in [0.25, 0.3) is 0 Å². The lowest BCUT2D eigenvalue weighted by Gasteiger charge is -2.27. The van der Waals surface area contributed by atoms with E-state index in [0.717, 1.165) is 5.70 Å². The van der Waals surface area contributed by atoms with Crippen molar-refractivity contribution < 1.29 is 9.53 Å². The summed E-state index contributed by atoms with van der Waals surface area (Å²) < 4.78 is 5.15. The van der Waals surface area contributed by atoms with Crippen LogP contribution in [0.3, 0.4) is 0 Å². The van der Waals surface area contributed by atoms with Crippen molar-refractivity contribution in [1.82, 2.24) is 4.90 Å². The van der Waals surface area contributed by atoms with Gasteiger partial charge in [0.2, 0.25) is 0 Å². The van der Waals surface area contributed by atoms with Gasteiger partial charge in [-0.3, -0.25) is 0 Å². The summed E-state index contributed by atoms with van der Waals surface area (Å²) in [5.41, 5.74) is 1.47. The molecule has 4 heteroatoms. The largest absolute Gasteiger partial charge is 0.461 e. The van der Waals surface area contributed by atoms with Crippen molar-refractivity contribution in [1.29, 1.82) is 5.26 Å². The Labute approximate surface area is 118 Å². The molecule has 0 amide bonds. The number of carbonyl (C=O) groups is 1. The van der Waals surface area contributed by atoms with E-state index in [0.29, 0.717) is 12.3 Å². The predicted molar refractivity (Wildman–Crippen MR) is 75.8 cm³/mol. The highest BCUT2D eigenvalue weighted by atomic mass is 16.5. The lowest BCUT2D eigenvalue weighted by molar-refractivity contribution is -0.139. The number of nitrogens with zero attached hydrogens (tertiary/aromatic N) is 2. The van der Waals surface area contributed by atoms with Gasteiger partial charge in [-0.1, -0.05) is 26.0 Å². The Morgan fingerprint density at radius 2 is 2.15 bits per heavy atom. The van der Waals surface area contributed by atoms with Crippen molar-refractivity contribution in [2.24, 2.45) is 5.92 Å². The van der Waals surface area contributed by atoms with Crippen LogP contribution in [0.1, 0.15) is 13.8 Å². The average Bonchev–Trinajstić information content (AvgIpc) is 2.46. The van der Waals surface area contributed by atoms with E-state index in [4.69, 9.17) is 4.74 Å². The van der Waals surface area contributed by atoms with E-state index < -0.39 is 5.97 Å². The monoisotopic (exact) mass is 268 g/mol. The summed E-state index contributed by atoms with van der Waals surface area (Å²) in [5, 5.41) is 9.27. The first-order chi connectivity index (χ1) is 9.63. The molecular formula is C16H16N2O2. The molecule has 0 atom stereocenters. The highest BCUT2D eigenvalue weighted by Gasteiger charge is 2.22. The summed E-state index contributed by atoms with van der Waals surface area (Å²) in [5.74, 6) is -0.343. The minimum absolute atomic E-state index is 0.0208. The summed E-state index contributed by atoms with van der Waals surface area (Å²) in [6, 6.07) is 1.96. The third kappa shape index (κ3) is 2.89. The molecule has 0 radical (unpaired) electrons. The zero-order valence-electron chi connectivity index (χ0n) is 11.5. The van der Waals surface area contributed by atoms with Crippen LogP contribution in [0, 0.1) is 17.2 Å². The Morgan fingerprint density at radius 1 is 1.35 bits per heavy atom. The van der Waals surface area contributed by atoms with Gasteiger partial charge in [-0.25, -0.2) is 4.79 Å². The highest BCUT2D eigenvalue weighted by molar-refractivity contribution is 5.94. The Kier molecular flexibility index (Phi) is 4.21. The van der Waals surface area contributed by atoms with Crippen LogP contribution < -0.4 is 0 Å². The molecule has 0 spiro atoms. The number of rotatable bonds is 3. The van der Waals surface area contributed by atoms with Crippen LogP contribution in [0.15, 0.2) is 59.6 Å². The molecule has 2 aliphatic rings. The number of hydrogen-bond acceptors (Lipinski definition) is 4. The van der Waals surface area contributed by atoms with E-state index in [2.05, 4.69) is 0 Å². The summed E-state index contributed by atoms with van der Waals surface area (Å²) >= 11 is 0. The van der Waals surface area contributed by atoms with Gasteiger partial charge in [0.25, 0.3) is 0 Å². The average molecular weight is 268 g/mol. The van der Waals surface area contributed by atoms with Crippen LogP contribution in [0.4, 0.5) is 0 Å². The number of carbonyl (C=O) groups excluding carboxylic acids is 1.